The normalized spacial score (nSPS) is 28.0. The molecule has 1 fully saturated rings. The van der Waals surface area contributed by atoms with Crippen LogP contribution in [0.15, 0.2) is 48.5 Å². The highest BCUT2D eigenvalue weighted by molar-refractivity contribution is 5.57. The predicted molar refractivity (Wildman–Crippen MR) is 105 cm³/mol. The van der Waals surface area contributed by atoms with Gasteiger partial charge in [-0.1, -0.05) is 48.5 Å². The molecule has 2 bridgehead atoms. The Balaban J connectivity index is 1.42. The van der Waals surface area contributed by atoms with Crippen molar-refractivity contribution in [3.63, 3.8) is 0 Å². The summed E-state index contributed by atoms with van der Waals surface area (Å²) < 4.78 is 6.78. The Labute approximate surface area is 156 Å². The second kappa shape index (κ2) is 6.49. The van der Waals surface area contributed by atoms with Gasteiger partial charge in [0.05, 0.1) is 6.61 Å². The molecule has 1 saturated heterocycles. The summed E-state index contributed by atoms with van der Waals surface area (Å²) in [7, 11) is 2.21. The third-order valence-electron chi connectivity index (χ3n) is 6.68. The highest BCUT2D eigenvalue weighted by Gasteiger charge is 2.48. The Bertz CT molecular complexity index is 747. The van der Waals surface area contributed by atoms with Crippen LogP contribution in [-0.4, -0.2) is 56.2 Å². The van der Waals surface area contributed by atoms with Crippen molar-refractivity contribution in [2.24, 2.45) is 0 Å². The second-order valence-corrected chi connectivity index (χ2v) is 8.09. The summed E-state index contributed by atoms with van der Waals surface area (Å²) in [5.74, 6) is 0.547. The molecular formula is C23H28N2O. The van der Waals surface area contributed by atoms with Gasteiger partial charge in [-0.3, -0.25) is 4.90 Å². The summed E-state index contributed by atoms with van der Waals surface area (Å²) in [6, 6.07) is 17.9. The van der Waals surface area contributed by atoms with E-state index in [0.29, 0.717) is 5.92 Å². The van der Waals surface area contributed by atoms with Crippen LogP contribution >= 0.6 is 0 Å². The first-order chi connectivity index (χ1) is 12.8. The van der Waals surface area contributed by atoms with Crippen molar-refractivity contribution in [1.82, 2.24) is 9.80 Å². The number of benzene rings is 2. The molecule has 3 heteroatoms. The molecule has 0 spiro atoms. The molecule has 2 aromatic carbocycles. The van der Waals surface area contributed by atoms with Crippen molar-refractivity contribution in [2.45, 2.75) is 24.4 Å². The smallest absolute Gasteiger partial charge is 0.119 e. The lowest BCUT2D eigenvalue weighted by Gasteiger charge is -2.49. The SMILES string of the molecule is CN1CCN(CCOC23CCC(c4ccccc42)c2ccccc23)CC1. The Kier molecular flexibility index (Phi) is 4.11. The molecular weight excluding hydrogens is 320 g/mol. The first kappa shape index (κ1) is 16.5. The first-order valence-electron chi connectivity index (χ1n) is 10.0. The highest BCUT2D eigenvalue weighted by atomic mass is 16.5. The van der Waals surface area contributed by atoms with Crippen molar-refractivity contribution in [1.29, 1.82) is 0 Å². The molecule has 136 valence electrons. The van der Waals surface area contributed by atoms with Crippen LogP contribution in [0.3, 0.4) is 0 Å². The zero-order valence-corrected chi connectivity index (χ0v) is 15.7. The zero-order chi connectivity index (χ0) is 17.6. The van der Waals surface area contributed by atoms with E-state index in [1.54, 1.807) is 0 Å². The molecule has 0 saturated carbocycles. The molecule has 4 aliphatic rings. The van der Waals surface area contributed by atoms with Gasteiger partial charge in [0.25, 0.3) is 0 Å². The summed E-state index contributed by atoms with van der Waals surface area (Å²) in [4.78, 5) is 4.95. The molecule has 2 aromatic rings. The quantitative estimate of drug-likeness (QED) is 0.842. The molecule has 3 aliphatic carbocycles. The lowest BCUT2D eigenvalue weighted by atomic mass is 9.61. The number of ether oxygens (including phenoxy) is 1. The van der Waals surface area contributed by atoms with E-state index in [1.807, 2.05) is 0 Å². The number of piperazine rings is 1. The van der Waals surface area contributed by atoms with Crippen LogP contribution in [0.4, 0.5) is 0 Å². The average Bonchev–Trinajstić information content (AvgIpc) is 2.70. The number of hydrogen-bond donors (Lipinski definition) is 0. The first-order valence-corrected chi connectivity index (χ1v) is 10.0. The zero-order valence-electron chi connectivity index (χ0n) is 15.7. The van der Waals surface area contributed by atoms with Crippen LogP contribution in [0.1, 0.15) is 41.0 Å². The third-order valence-corrected chi connectivity index (χ3v) is 6.68. The van der Waals surface area contributed by atoms with Crippen LogP contribution in [0, 0.1) is 0 Å². The van der Waals surface area contributed by atoms with Gasteiger partial charge in [-0.05, 0) is 42.1 Å². The minimum Gasteiger partial charge on any atom is -0.364 e. The van der Waals surface area contributed by atoms with Gasteiger partial charge < -0.3 is 9.64 Å². The topological polar surface area (TPSA) is 15.7 Å². The predicted octanol–water partition coefficient (Wildman–Crippen LogP) is 3.43. The summed E-state index contributed by atoms with van der Waals surface area (Å²) >= 11 is 0. The number of rotatable bonds is 4. The van der Waals surface area contributed by atoms with Crippen molar-refractivity contribution < 1.29 is 4.74 Å². The fraction of sp³-hybridized carbons (Fsp3) is 0.478. The molecule has 26 heavy (non-hydrogen) atoms. The van der Waals surface area contributed by atoms with Gasteiger partial charge in [-0.25, -0.2) is 0 Å². The van der Waals surface area contributed by atoms with Crippen LogP contribution in [0.25, 0.3) is 0 Å². The van der Waals surface area contributed by atoms with E-state index in [1.165, 1.54) is 41.8 Å². The van der Waals surface area contributed by atoms with Crippen LogP contribution in [0.5, 0.6) is 0 Å². The third kappa shape index (κ3) is 2.53. The minimum atomic E-state index is -0.242. The Hall–Kier alpha value is -1.68. The average molecular weight is 348 g/mol. The maximum Gasteiger partial charge on any atom is 0.119 e. The molecule has 0 amide bonds. The van der Waals surface area contributed by atoms with Gasteiger partial charge in [-0.15, -0.1) is 0 Å². The number of fused-ring (bicyclic) bond motifs is 1. The number of likely N-dealkylation sites (N-methyl/N-ethyl adjacent to an activating group) is 1. The van der Waals surface area contributed by atoms with E-state index in [-0.39, 0.29) is 5.60 Å². The maximum atomic E-state index is 6.78. The van der Waals surface area contributed by atoms with Gasteiger partial charge in [0.15, 0.2) is 0 Å². The van der Waals surface area contributed by atoms with Gasteiger partial charge in [-0.2, -0.15) is 0 Å². The molecule has 3 nitrogen and oxygen atoms in total. The molecule has 0 aromatic heterocycles. The fourth-order valence-corrected chi connectivity index (χ4v) is 5.23. The van der Waals surface area contributed by atoms with Crippen molar-refractivity contribution in [3.05, 3.63) is 70.8 Å². The van der Waals surface area contributed by atoms with Gasteiger partial charge in [0, 0.05) is 38.6 Å². The summed E-state index contributed by atoms with van der Waals surface area (Å²) in [5, 5.41) is 0. The second-order valence-electron chi connectivity index (χ2n) is 8.09. The van der Waals surface area contributed by atoms with E-state index in [0.717, 1.165) is 32.7 Å². The standard InChI is InChI=1S/C23H28N2O/c1-24-12-14-25(15-13-24)16-17-26-23-11-10-18(19-6-2-4-8-21(19)23)20-7-3-5-9-22(20)23/h2-9,18H,10-17H2,1H3. The largest absolute Gasteiger partial charge is 0.364 e. The van der Waals surface area contributed by atoms with E-state index in [2.05, 4.69) is 65.4 Å². The molecule has 0 unspecified atom stereocenters. The Morgan fingerprint density at radius 2 is 1.54 bits per heavy atom. The van der Waals surface area contributed by atoms with Crippen LogP contribution in [-0.2, 0) is 10.3 Å². The van der Waals surface area contributed by atoms with Crippen molar-refractivity contribution in [2.75, 3.05) is 46.4 Å². The molecule has 0 N–H and O–H groups in total. The number of nitrogens with zero attached hydrogens (tertiary/aromatic N) is 2. The van der Waals surface area contributed by atoms with Crippen LogP contribution < -0.4 is 0 Å². The number of hydrogen-bond acceptors (Lipinski definition) is 3. The molecule has 1 aliphatic heterocycles. The highest BCUT2D eigenvalue weighted by Crippen LogP contribution is 2.56. The van der Waals surface area contributed by atoms with E-state index < -0.39 is 0 Å². The van der Waals surface area contributed by atoms with E-state index in [4.69, 9.17) is 4.74 Å². The fourth-order valence-electron chi connectivity index (χ4n) is 5.23. The van der Waals surface area contributed by atoms with Crippen LogP contribution in [0.2, 0.25) is 0 Å². The summed E-state index contributed by atoms with van der Waals surface area (Å²) in [5.41, 5.74) is 5.55. The summed E-state index contributed by atoms with van der Waals surface area (Å²) in [6.45, 7) is 6.47. The summed E-state index contributed by atoms with van der Waals surface area (Å²) in [6.07, 6.45) is 2.30. The Morgan fingerprint density at radius 3 is 2.19 bits per heavy atom. The molecule has 6 rings (SSSR count). The molecule has 1 heterocycles. The minimum absolute atomic E-state index is 0.242. The van der Waals surface area contributed by atoms with Crippen molar-refractivity contribution in [3.8, 4) is 0 Å². The molecule has 0 radical (unpaired) electrons. The van der Waals surface area contributed by atoms with E-state index in [9.17, 15) is 0 Å². The molecule has 0 atom stereocenters. The monoisotopic (exact) mass is 348 g/mol. The van der Waals surface area contributed by atoms with Gasteiger partial charge in [0.1, 0.15) is 5.60 Å². The lowest BCUT2D eigenvalue weighted by molar-refractivity contribution is -0.0491. The lowest BCUT2D eigenvalue weighted by Crippen LogP contribution is -2.47. The van der Waals surface area contributed by atoms with Gasteiger partial charge >= 0.3 is 0 Å². The van der Waals surface area contributed by atoms with Gasteiger partial charge in [0.2, 0.25) is 0 Å². The van der Waals surface area contributed by atoms with E-state index >= 15 is 0 Å². The maximum absolute atomic E-state index is 6.78. The van der Waals surface area contributed by atoms with Crippen molar-refractivity contribution >= 4 is 0 Å². The Morgan fingerprint density at radius 1 is 0.923 bits per heavy atom.